The Balaban J connectivity index is 1.41. The number of alkyl halides is 2. The van der Waals surface area contributed by atoms with Crippen LogP contribution in [0.1, 0.15) is 47.8 Å². The van der Waals surface area contributed by atoms with E-state index >= 15 is 0 Å². The van der Waals surface area contributed by atoms with Crippen molar-refractivity contribution in [1.29, 1.82) is 0 Å². The van der Waals surface area contributed by atoms with Crippen LogP contribution >= 0.6 is 11.6 Å². The van der Waals surface area contributed by atoms with Crippen molar-refractivity contribution in [1.82, 2.24) is 18.7 Å². The largest absolute Gasteiger partial charge is 0.340 e. The molecule has 6 nitrogen and oxygen atoms in total. The molecule has 0 aliphatic carbocycles. The number of benzene rings is 2. The minimum atomic E-state index is -3.90. The van der Waals surface area contributed by atoms with Crippen molar-refractivity contribution in [3.63, 3.8) is 0 Å². The Bertz CT molecular complexity index is 1500. The lowest BCUT2D eigenvalue weighted by molar-refractivity contribution is 0.0541. The van der Waals surface area contributed by atoms with Gasteiger partial charge in [0.15, 0.2) is 0 Å². The van der Waals surface area contributed by atoms with Gasteiger partial charge in [-0.3, -0.25) is 0 Å². The second-order valence-electron chi connectivity index (χ2n) is 9.22. The van der Waals surface area contributed by atoms with Crippen LogP contribution < -0.4 is 0 Å². The summed E-state index contributed by atoms with van der Waals surface area (Å²) in [5, 5.41) is 5.46. The maximum Gasteiger partial charge on any atom is 0.333 e. The molecule has 190 valence electrons. The molecule has 0 saturated carbocycles. The van der Waals surface area contributed by atoms with Gasteiger partial charge in [-0.15, -0.1) is 0 Å². The van der Waals surface area contributed by atoms with Crippen LogP contribution in [0.3, 0.4) is 0 Å². The quantitative estimate of drug-likeness (QED) is 0.300. The molecule has 0 amide bonds. The monoisotopic (exact) mass is 532 g/mol. The van der Waals surface area contributed by atoms with E-state index in [2.05, 4.69) is 28.7 Å². The van der Waals surface area contributed by atoms with Crippen molar-refractivity contribution in [2.75, 3.05) is 13.1 Å². The molecule has 2 aromatic heterocycles. The van der Waals surface area contributed by atoms with E-state index in [1.165, 1.54) is 27.9 Å². The molecular weight excluding hydrogens is 506 g/mol. The van der Waals surface area contributed by atoms with Crippen molar-refractivity contribution in [2.24, 2.45) is 0 Å². The van der Waals surface area contributed by atoms with Crippen LogP contribution in [0.2, 0.25) is 5.02 Å². The molecular formula is C26H27ClF2N4O2S. The fraction of sp³-hybridized carbons (Fsp3) is 0.346. The van der Waals surface area contributed by atoms with Crippen molar-refractivity contribution in [2.45, 2.75) is 50.6 Å². The van der Waals surface area contributed by atoms with Crippen LogP contribution in [0.25, 0.3) is 10.9 Å². The number of hydrogen-bond donors (Lipinski definition) is 0. The molecule has 0 spiro atoms. The second-order valence-corrected chi connectivity index (χ2v) is 11.6. The minimum Gasteiger partial charge on any atom is -0.340 e. The van der Waals surface area contributed by atoms with Crippen molar-refractivity contribution in [3.05, 3.63) is 82.3 Å². The SMILES string of the molecule is Cc1c(S(=O)(=O)N2CCC(c3c(C)n(Cc4ccc(Cl)cc4)c4ccccc34)CC2)cnn1C(F)F. The summed E-state index contributed by atoms with van der Waals surface area (Å²) in [6.45, 7) is 1.95. The van der Waals surface area contributed by atoms with E-state index in [9.17, 15) is 17.2 Å². The van der Waals surface area contributed by atoms with Gasteiger partial charge in [0, 0.05) is 41.3 Å². The molecule has 10 heteroatoms. The van der Waals surface area contributed by atoms with E-state index in [0.29, 0.717) is 42.2 Å². The van der Waals surface area contributed by atoms with Gasteiger partial charge in [-0.05, 0) is 61.9 Å². The van der Waals surface area contributed by atoms with Gasteiger partial charge in [0.05, 0.1) is 11.9 Å². The summed E-state index contributed by atoms with van der Waals surface area (Å²) in [5.74, 6) is 0.192. The number of piperidine rings is 1. The molecule has 36 heavy (non-hydrogen) atoms. The number of halogens is 3. The Morgan fingerprint density at radius 3 is 2.33 bits per heavy atom. The second kappa shape index (κ2) is 9.61. The van der Waals surface area contributed by atoms with Gasteiger partial charge in [0.1, 0.15) is 4.90 Å². The molecule has 4 aromatic rings. The first kappa shape index (κ1) is 24.9. The summed E-state index contributed by atoms with van der Waals surface area (Å²) in [6.07, 6.45) is 2.32. The number of sulfonamides is 1. The Kier molecular flexibility index (Phi) is 6.65. The topological polar surface area (TPSA) is 60.1 Å². The summed E-state index contributed by atoms with van der Waals surface area (Å²) in [7, 11) is -3.90. The molecule has 0 bridgehead atoms. The molecule has 2 aromatic carbocycles. The highest BCUT2D eigenvalue weighted by Crippen LogP contribution is 2.39. The summed E-state index contributed by atoms with van der Waals surface area (Å²) in [5.41, 5.74) is 4.66. The van der Waals surface area contributed by atoms with Gasteiger partial charge >= 0.3 is 6.55 Å². The summed E-state index contributed by atoms with van der Waals surface area (Å²) < 4.78 is 56.8. The zero-order valence-corrected chi connectivity index (χ0v) is 21.6. The van der Waals surface area contributed by atoms with E-state index < -0.39 is 16.6 Å². The highest BCUT2D eigenvalue weighted by atomic mass is 35.5. The zero-order chi connectivity index (χ0) is 25.6. The molecule has 3 heterocycles. The number of para-hydroxylation sites is 1. The fourth-order valence-electron chi connectivity index (χ4n) is 5.33. The predicted molar refractivity (Wildman–Crippen MR) is 136 cm³/mol. The number of aromatic nitrogens is 3. The van der Waals surface area contributed by atoms with Crippen LogP contribution in [-0.4, -0.2) is 40.2 Å². The lowest BCUT2D eigenvalue weighted by Gasteiger charge is -2.31. The molecule has 1 fully saturated rings. The molecule has 1 saturated heterocycles. The first-order valence-electron chi connectivity index (χ1n) is 11.8. The van der Waals surface area contributed by atoms with Crippen molar-refractivity contribution in [3.8, 4) is 0 Å². The summed E-state index contributed by atoms with van der Waals surface area (Å²) in [6, 6.07) is 16.1. The molecule has 1 aliphatic rings. The first-order valence-corrected chi connectivity index (χ1v) is 13.6. The lowest BCUT2D eigenvalue weighted by atomic mass is 9.88. The molecule has 5 rings (SSSR count). The van der Waals surface area contributed by atoms with E-state index in [1.807, 2.05) is 36.4 Å². The number of fused-ring (bicyclic) bond motifs is 1. The Labute approximate surface area is 214 Å². The van der Waals surface area contributed by atoms with Crippen LogP contribution in [0.15, 0.2) is 59.6 Å². The van der Waals surface area contributed by atoms with Crippen molar-refractivity contribution < 1.29 is 17.2 Å². The smallest absolute Gasteiger partial charge is 0.333 e. The minimum absolute atomic E-state index is 0.0479. The zero-order valence-electron chi connectivity index (χ0n) is 20.0. The van der Waals surface area contributed by atoms with Crippen molar-refractivity contribution >= 4 is 32.5 Å². The highest BCUT2D eigenvalue weighted by molar-refractivity contribution is 7.89. The van der Waals surface area contributed by atoms with Gasteiger partial charge in [0.2, 0.25) is 10.0 Å². The van der Waals surface area contributed by atoms with E-state index in [4.69, 9.17) is 11.6 Å². The third kappa shape index (κ3) is 4.33. The molecule has 0 unspecified atom stereocenters. The summed E-state index contributed by atoms with van der Waals surface area (Å²) in [4.78, 5) is -0.156. The Morgan fingerprint density at radius 2 is 1.69 bits per heavy atom. The first-order chi connectivity index (χ1) is 17.2. The van der Waals surface area contributed by atoms with Gasteiger partial charge in [-0.25, -0.2) is 13.1 Å². The summed E-state index contributed by atoms with van der Waals surface area (Å²) >= 11 is 6.06. The molecule has 0 N–H and O–H groups in total. The lowest BCUT2D eigenvalue weighted by Crippen LogP contribution is -2.38. The van der Waals surface area contributed by atoms with Crippen LogP contribution in [0.4, 0.5) is 8.78 Å². The maximum atomic E-state index is 13.2. The van der Waals surface area contributed by atoms with Crippen LogP contribution in [0.5, 0.6) is 0 Å². The fourth-order valence-corrected chi connectivity index (χ4v) is 7.07. The van der Waals surface area contributed by atoms with Crippen LogP contribution in [0, 0.1) is 13.8 Å². The molecule has 0 atom stereocenters. The van der Waals surface area contributed by atoms with Gasteiger partial charge < -0.3 is 4.57 Å². The van der Waals surface area contributed by atoms with Gasteiger partial charge in [0.25, 0.3) is 0 Å². The third-order valence-corrected chi connectivity index (χ3v) is 9.45. The van der Waals surface area contributed by atoms with E-state index in [-0.39, 0.29) is 16.5 Å². The maximum absolute atomic E-state index is 13.2. The normalized spacial score (nSPS) is 15.8. The molecule has 0 radical (unpaired) electrons. The standard InChI is InChI=1S/C26H27ClF2N4O2S/c1-17-24(15-30-33(17)26(28)29)36(34,35)31-13-11-20(12-14-31)25-18(2)32(23-6-4-3-5-22(23)25)16-19-7-9-21(27)10-8-19/h3-10,15,20,26H,11-14,16H2,1-2H3. The average Bonchev–Trinajstić information content (AvgIpc) is 3.39. The van der Waals surface area contributed by atoms with E-state index in [1.54, 1.807) is 0 Å². The third-order valence-electron chi connectivity index (χ3n) is 7.20. The predicted octanol–water partition coefficient (Wildman–Crippen LogP) is 6.12. The molecule has 1 aliphatic heterocycles. The van der Waals surface area contributed by atoms with Crippen LogP contribution in [-0.2, 0) is 16.6 Å². The Hall–Kier alpha value is -2.75. The number of hydrogen-bond acceptors (Lipinski definition) is 3. The Morgan fingerprint density at radius 1 is 1.03 bits per heavy atom. The van der Waals surface area contributed by atoms with Gasteiger partial charge in [-0.1, -0.05) is 41.9 Å². The number of nitrogens with zero attached hydrogens (tertiary/aromatic N) is 4. The van der Waals surface area contributed by atoms with Gasteiger partial charge in [-0.2, -0.15) is 18.2 Å². The number of rotatable bonds is 6. The highest BCUT2D eigenvalue weighted by Gasteiger charge is 2.34. The average molecular weight is 533 g/mol. The van der Waals surface area contributed by atoms with E-state index in [0.717, 1.165) is 17.3 Å².